The molecule has 0 saturated carbocycles. The Bertz CT molecular complexity index is 308. The van der Waals surface area contributed by atoms with E-state index in [-0.39, 0.29) is 6.15 Å². The van der Waals surface area contributed by atoms with E-state index in [1.54, 1.807) is 19.4 Å². The van der Waals surface area contributed by atoms with Gasteiger partial charge in [-0.05, 0) is 6.92 Å². The maximum absolute atomic E-state index is 8.12. The Morgan fingerprint density at radius 3 is 2.46 bits per heavy atom. The van der Waals surface area contributed by atoms with Crippen LogP contribution >= 0.6 is 11.6 Å². The van der Waals surface area contributed by atoms with Gasteiger partial charge in [-0.3, -0.25) is 0 Å². The van der Waals surface area contributed by atoms with E-state index < -0.39 is 0 Å². The van der Waals surface area contributed by atoms with E-state index in [1.165, 1.54) is 0 Å². The van der Waals surface area contributed by atoms with Gasteiger partial charge in [0.05, 0.1) is 7.11 Å². The average Bonchev–Trinajstić information content (AvgIpc) is 2.10. The van der Waals surface area contributed by atoms with Crippen molar-refractivity contribution in [1.82, 2.24) is 4.98 Å². The summed E-state index contributed by atoms with van der Waals surface area (Å²) in [7, 11) is 1.61. The number of methoxy groups -OCH3 is 1. The molecule has 1 aromatic heterocycles. The van der Waals surface area contributed by atoms with Crippen molar-refractivity contribution in [2.45, 2.75) is 6.92 Å². The molecule has 13 heavy (non-hydrogen) atoms. The van der Waals surface area contributed by atoms with E-state index >= 15 is 0 Å². The number of rotatable bonds is 1. The molecule has 0 atom stereocenters. The minimum atomic E-state index is 0.250. The molecule has 0 aromatic carbocycles. The van der Waals surface area contributed by atoms with E-state index in [9.17, 15) is 0 Å². The maximum atomic E-state index is 8.12. The van der Waals surface area contributed by atoms with Crippen LogP contribution in [0.5, 0.6) is 5.75 Å². The van der Waals surface area contributed by atoms with Crippen molar-refractivity contribution in [3.63, 3.8) is 0 Å². The lowest BCUT2D eigenvalue weighted by atomic mass is 10.3. The molecule has 0 aliphatic heterocycles. The van der Waals surface area contributed by atoms with Crippen LogP contribution in [0.2, 0.25) is 5.15 Å². The first kappa shape index (κ1) is 11.6. The molecule has 4 nitrogen and oxygen atoms in total. The second kappa shape index (κ2) is 6.17. The standard InChI is InChI=1S/C7H8ClNO.CO2/c1-5-4-9-7(8)3-6(5)10-2;2-1-3/h3-4H,1-2H3;. The van der Waals surface area contributed by atoms with Gasteiger partial charge in [0.15, 0.2) is 0 Å². The highest BCUT2D eigenvalue weighted by Gasteiger charge is 1.97. The largest absolute Gasteiger partial charge is 0.496 e. The summed E-state index contributed by atoms with van der Waals surface area (Å²) in [5.74, 6) is 0.778. The lowest BCUT2D eigenvalue weighted by Gasteiger charge is -2.01. The predicted octanol–water partition coefficient (Wildman–Crippen LogP) is 1.47. The Morgan fingerprint density at radius 1 is 1.54 bits per heavy atom. The van der Waals surface area contributed by atoms with E-state index in [4.69, 9.17) is 25.9 Å². The van der Waals surface area contributed by atoms with Crippen LogP contribution < -0.4 is 4.74 Å². The summed E-state index contributed by atoms with van der Waals surface area (Å²) in [5.41, 5.74) is 0.993. The van der Waals surface area contributed by atoms with Gasteiger partial charge in [-0.2, -0.15) is 9.59 Å². The molecule has 0 amide bonds. The number of aryl methyl sites for hydroxylation is 1. The van der Waals surface area contributed by atoms with Gasteiger partial charge < -0.3 is 4.74 Å². The van der Waals surface area contributed by atoms with Crippen molar-refractivity contribution in [2.24, 2.45) is 0 Å². The smallest absolute Gasteiger partial charge is 0.373 e. The van der Waals surface area contributed by atoms with Crippen LogP contribution in [0.15, 0.2) is 12.3 Å². The quantitative estimate of drug-likeness (QED) is 0.646. The SMILES string of the molecule is COc1cc(Cl)ncc1C.O=C=O. The van der Waals surface area contributed by atoms with Crippen molar-refractivity contribution in [2.75, 3.05) is 7.11 Å². The number of hydrogen-bond acceptors (Lipinski definition) is 4. The first-order valence-electron chi connectivity index (χ1n) is 3.31. The predicted molar refractivity (Wildman–Crippen MR) is 45.5 cm³/mol. The fourth-order valence-electron chi connectivity index (χ4n) is 0.701. The summed E-state index contributed by atoms with van der Waals surface area (Å²) >= 11 is 5.60. The summed E-state index contributed by atoms with van der Waals surface area (Å²) in [5, 5.41) is 0.461. The third kappa shape index (κ3) is 4.25. The van der Waals surface area contributed by atoms with E-state index in [0.29, 0.717) is 5.15 Å². The van der Waals surface area contributed by atoms with E-state index in [1.807, 2.05) is 6.92 Å². The van der Waals surface area contributed by atoms with Crippen molar-refractivity contribution >= 4 is 17.8 Å². The number of nitrogens with zero attached hydrogens (tertiary/aromatic N) is 1. The molecule has 0 fully saturated rings. The molecule has 0 radical (unpaired) electrons. The van der Waals surface area contributed by atoms with Gasteiger partial charge in [-0.25, -0.2) is 4.98 Å². The second-order valence-corrected chi connectivity index (χ2v) is 2.45. The number of ether oxygens (including phenoxy) is 1. The first-order valence-corrected chi connectivity index (χ1v) is 3.69. The van der Waals surface area contributed by atoms with Gasteiger partial charge in [-0.15, -0.1) is 0 Å². The molecule has 0 aliphatic rings. The lowest BCUT2D eigenvalue weighted by molar-refractivity contribution is -0.191. The minimum absolute atomic E-state index is 0.250. The van der Waals surface area contributed by atoms with Crippen LogP contribution in [0.1, 0.15) is 5.56 Å². The number of halogens is 1. The molecule has 0 spiro atoms. The average molecular weight is 202 g/mol. The third-order valence-electron chi connectivity index (χ3n) is 1.24. The van der Waals surface area contributed by atoms with Gasteiger partial charge in [0.2, 0.25) is 0 Å². The molecular formula is C8H8ClNO3. The Hall–Kier alpha value is -1.38. The molecule has 1 heterocycles. The monoisotopic (exact) mass is 201 g/mol. The minimum Gasteiger partial charge on any atom is -0.496 e. The third-order valence-corrected chi connectivity index (χ3v) is 1.45. The highest BCUT2D eigenvalue weighted by Crippen LogP contribution is 2.18. The van der Waals surface area contributed by atoms with E-state index in [0.717, 1.165) is 11.3 Å². The summed E-state index contributed by atoms with van der Waals surface area (Å²) in [6, 6.07) is 1.69. The summed E-state index contributed by atoms with van der Waals surface area (Å²) in [6.45, 7) is 1.92. The lowest BCUT2D eigenvalue weighted by Crippen LogP contribution is -1.87. The molecule has 0 N–H and O–H groups in total. The maximum Gasteiger partial charge on any atom is 0.373 e. The Kier molecular flexibility index (Phi) is 5.52. The summed E-state index contributed by atoms with van der Waals surface area (Å²) < 4.78 is 5.00. The topological polar surface area (TPSA) is 56.3 Å². The van der Waals surface area contributed by atoms with Crippen molar-refractivity contribution in [3.05, 3.63) is 23.0 Å². The Balaban J connectivity index is 0.000000424. The Labute approximate surface area is 80.5 Å². The number of hydrogen-bond donors (Lipinski definition) is 0. The van der Waals surface area contributed by atoms with Crippen LogP contribution in [0.3, 0.4) is 0 Å². The van der Waals surface area contributed by atoms with Crippen LogP contribution in [0.25, 0.3) is 0 Å². The van der Waals surface area contributed by atoms with Gasteiger partial charge in [0.1, 0.15) is 10.9 Å². The van der Waals surface area contributed by atoms with Gasteiger partial charge in [-0.1, -0.05) is 11.6 Å². The van der Waals surface area contributed by atoms with Crippen LogP contribution in [0.4, 0.5) is 0 Å². The zero-order valence-corrected chi connectivity index (χ0v) is 7.96. The molecule has 70 valence electrons. The number of carbonyl (C=O) groups excluding carboxylic acids is 2. The molecule has 0 aliphatic carbocycles. The van der Waals surface area contributed by atoms with Crippen molar-refractivity contribution < 1.29 is 14.3 Å². The molecule has 0 saturated heterocycles. The fraction of sp³-hybridized carbons (Fsp3) is 0.250. The van der Waals surface area contributed by atoms with Crippen molar-refractivity contribution in [3.8, 4) is 5.75 Å². The van der Waals surface area contributed by atoms with E-state index in [2.05, 4.69) is 4.98 Å². The van der Waals surface area contributed by atoms with Gasteiger partial charge in [0.25, 0.3) is 0 Å². The van der Waals surface area contributed by atoms with Crippen LogP contribution in [-0.4, -0.2) is 18.2 Å². The van der Waals surface area contributed by atoms with Crippen LogP contribution in [0, 0.1) is 6.92 Å². The normalized spacial score (nSPS) is 7.92. The zero-order valence-electron chi connectivity index (χ0n) is 7.20. The van der Waals surface area contributed by atoms with Gasteiger partial charge in [0, 0.05) is 17.8 Å². The molecule has 0 unspecified atom stereocenters. The molecule has 1 aromatic rings. The Morgan fingerprint density at radius 2 is 2.08 bits per heavy atom. The number of aromatic nitrogens is 1. The molecule has 5 heteroatoms. The highest BCUT2D eigenvalue weighted by atomic mass is 35.5. The van der Waals surface area contributed by atoms with Crippen LogP contribution in [-0.2, 0) is 9.59 Å². The molecule has 1 rings (SSSR count). The first-order chi connectivity index (χ1) is 6.15. The fourth-order valence-corrected chi connectivity index (χ4v) is 0.849. The molecular weight excluding hydrogens is 194 g/mol. The van der Waals surface area contributed by atoms with Crippen molar-refractivity contribution in [1.29, 1.82) is 0 Å². The highest BCUT2D eigenvalue weighted by molar-refractivity contribution is 6.29. The van der Waals surface area contributed by atoms with Gasteiger partial charge >= 0.3 is 6.15 Å². The summed E-state index contributed by atoms with van der Waals surface area (Å²) in [4.78, 5) is 20.1. The second-order valence-electron chi connectivity index (χ2n) is 2.06. The molecule has 0 bridgehead atoms. The summed E-state index contributed by atoms with van der Waals surface area (Å²) in [6.07, 6.45) is 1.93. The zero-order chi connectivity index (χ0) is 10.3. The number of pyridine rings is 1.